The summed E-state index contributed by atoms with van der Waals surface area (Å²) in [7, 11) is 0. The Balaban J connectivity index is 0.00000182. The molecule has 1 fully saturated rings. The fraction of sp³-hybridized carbons (Fsp3) is 0.350. The number of hydrogen-bond donors (Lipinski definition) is 1. The van der Waals surface area contributed by atoms with Crippen molar-refractivity contribution in [2.45, 2.75) is 25.3 Å². The normalized spacial score (nSPS) is 19.2. The first-order valence-electron chi connectivity index (χ1n) is 8.61. The fourth-order valence-electron chi connectivity index (χ4n) is 3.83. The molecule has 3 nitrogen and oxygen atoms in total. The van der Waals surface area contributed by atoms with Gasteiger partial charge in [-0.3, -0.25) is 4.79 Å². The van der Waals surface area contributed by atoms with E-state index in [0.717, 1.165) is 30.5 Å². The highest BCUT2D eigenvalue weighted by Crippen LogP contribution is 2.27. The molecule has 1 unspecified atom stereocenters. The Kier molecular flexibility index (Phi) is 5.40. The molecule has 0 saturated carbocycles. The number of nitrogens with one attached hydrogen (secondary N) is 1. The molecule has 1 amide bonds. The van der Waals surface area contributed by atoms with Gasteiger partial charge in [-0.15, -0.1) is 12.4 Å². The molecule has 1 aliphatic heterocycles. The van der Waals surface area contributed by atoms with E-state index in [1.807, 2.05) is 17.0 Å². The van der Waals surface area contributed by atoms with Crippen LogP contribution < -0.4 is 5.32 Å². The van der Waals surface area contributed by atoms with E-state index < -0.39 is 0 Å². The zero-order chi connectivity index (χ0) is 16.5. The van der Waals surface area contributed by atoms with Gasteiger partial charge in [0.1, 0.15) is 5.82 Å². The average molecular weight is 361 g/mol. The molecule has 4 rings (SSSR count). The summed E-state index contributed by atoms with van der Waals surface area (Å²) in [5.41, 5.74) is 4.27. The van der Waals surface area contributed by atoms with Gasteiger partial charge in [0.05, 0.1) is 6.04 Å². The van der Waals surface area contributed by atoms with Crippen molar-refractivity contribution < 1.29 is 9.18 Å². The number of halogens is 2. The third-order valence-electron chi connectivity index (χ3n) is 5.08. The SMILES string of the molecule is Cl.O=C(c1ccc2c(c1)CCC2)N1CCNCC1c1cccc(F)c1. The van der Waals surface area contributed by atoms with Crippen LogP contribution in [-0.4, -0.2) is 30.4 Å². The minimum Gasteiger partial charge on any atom is -0.329 e. The highest BCUT2D eigenvalue weighted by molar-refractivity contribution is 5.95. The van der Waals surface area contributed by atoms with Gasteiger partial charge in [-0.2, -0.15) is 0 Å². The Hall–Kier alpha value is -1.91. The predicted molar refractivity (Wildman–Crippen MR) is 98.8 cm³/mol. The molecule has 1 saturated heterocycles. The quantitative estimate of drug-likeness (QED) is 0.888. The van der Waals surface area contributed by atoms with Gasteiger partial charge < -0.3 is 10.2 Å². The molecule has 2 aromatic rings. The van der Waals surface area contributed by atoms with E-state index in [1.165, 1.54) is 29.7 Å². The summed E-state index contributed by atoms with van der Waals surface area (Å²) >= 11 is 0. The number of rotatable bonds is 2. The van der Waals surface area contributed by atoms with Gasteiger partial charge in [-0.25, -0.2) is 4.39 Å². The summed E-state index contributed by atoms with van der Waals surface area (Å²) < 4.78 is 13.6. The van der Waals surface area contributed by atoms with Crippen LogP contribution in [0.15, 0.2) is 42.5 Å². The summed E-state index contributed by atoms with van der Waals surface area (Å²) in [5, 5.41) is 3.31. The summed E-state index contributed by atoms with van der Waals surface area (Å²) in [6, 6.07) is 12.5. The van der Waals surface area contributed by atoms with E-state index in [0.29, 0.717) is 13.1 Å². The predicted octanol–water partition coefficient (Wildman–Crippen LogP) is 3.52. The van der Waals surface area contributed by atoms with Gasteiger partial charge >= 0.3 is 0 Å². The van der Waals surface area contributed by atoms with Crippen molar-refractivity contribution in [3.05, 3.63) is 70.5 Å². The lowest BCUT2D eigenvalue weighted by Gasteiger charge is -2.36. The lowest BCUT2D eigenvalue weighted by atomic mass is 10.0. The van der Waals surface area contributed by atoms with E-state index in [-0.39, 0.29) is 30.2 Å². The van der Waals surface area contributed by atoms with E-state index in [1.54, 1.807) is 6.07 Å². The second kappa shape index (κ2) is 7.54. The van der Waals surface area contributed by atoms with Crippen LogP contribution in [0, 0.1) is 5.82 Å². The number of aryl methyl sites for hydroxylation is 2. The lowest BCUT2D eigenvalue weighted by molar-refractivity contribution is 0.0634. The zero-order valence-corrected chi connectivity index (χ0v) is 14.8. The van der Waals surface area contributed by atoms with Gasteiger partial charge in [-0.05, 0) is 60.2 Å². The number of carbonyl (C=O) groups is 1. The van der Waals surface area contributed by atoms with Gasteiger partial charge in [0.25, 0.3) is 5.91 Å². The molecule has 0 aromatic heterocycles. The molecule has 25 heavy (non-hydrogen) atoms. The van der Waals surface area contributed by atoms with E-state index in [9.17, 15) is 9.18 Å². The zero-order valence-electron chi connectivity index (χ0n) is 14.0. The molecule has 1 heterocycles. The van der Waals surface area contributed by atoms with Gasteiger partial charge in [-0.1, -0.05) is 18.2 Å². The Morgan fingerprint density at radius 1 is 1.12 bits per heavy atom. The topological polar surface area (TPSA) is 32.3 Å². The van der Waals surface area contributed by atoms with Crippen molar-refractivity contribution in [2.75, 3.05) is 19.6 Å². The van der Waals surface area contributed by atoms with Crippen LogP contribution in [0.3, 0.4) is 0 Å². The minimum atomic E-state index is -0.261. The average Bonchev–Trinajstić information content (AvgIpc) is 3.09. The van der Waals surface area contributed by atoms with E-state index in [2.05, 4.69) is 17.4 Å². The van der Waals surface area contributed by atoms with Gasteiger partial charge in [0.15, 0.2) is 0 Å². The lowest BCUT2D eigenvalue weighted by Crippen LogP contribution is -2.48. The molecule has 1 atom stereocenters. The minimum absolute atomic E-state index is 0. The van der Waals surface area contributed by atoms with Crippen molar-refractivity contribution in [2.24, 2.45) is 0 Å². The molecular weight excluding hydrogens is 339 g/mol. The van der Waals surface area contributed by atoms with E-state index in [4.69, 9.17) is 0 Å². The number of piperazine rings is 1. The van der Waals surface area contributed by atoms with Crippen LogP contribution >= 0.6 is 12.4 Å². The second-order valence-corrected chi connectivity index (χ2v) is 6.61. The van der Waals surface area contributed by atoms with Crippen molar-refractivity contribution in [1.82, 2.24) is 10.2 Å². The molecule has 2 aliphatic rings. The standard InChI is InChI=1S/C20H21FN2O.ClH/c21-18-6-2-5-16(12-18)19-13-22-9-10-23(19)20(24)17-8-7-14-3-1-4-15(14)11-17;/h2,5-8,11-12,19,22H,1,3-4,9-10,13H2;1H. The summed E-state index contributed by atoms with van der Waals surface area (Å²) in [5.74, 6) is -0.219. The van der Waals surface area contributed by atoms with Crippen molar-refractivity contribution >= 4 is 18.3 Å². The molecule has 1 N–H and O–H groups in total. The van der Waals surface area contributed by atoms with Crippen LogP contribution in [0.25, 0.3) is 0 Å². The molecule has 5 heteroatoms. The first-order chi connectivity index (χ1) is 11.7. The van der Waals surface area contributed by atoms with Crippen LogP contribution in [0.5, 0.6) is 0 Å². The van der Waals surface area contributed by atoms with Crippen molar-refractivity contribution in [3.8, 4) is 0 Å². The van der Waals surface area contributed by atoms with E-state index >= 15 is 0 Å². The molecule has 0 spiro atoms. The van der Waals surface area contributed by atoms with Crippen molar-refractivity contribution in [3.63, 3.8) is 0 Å². The third kappa shape index (κ3) is 3.55. The maximum atomic E-state index is 13.6. The Bertz CT molecular complexity index is 780. The number of benzene rings is 2. The monoisotopic (exact) mass is 360 g/mol. The number of fused-ring (bicyclic) bond motifs is 1. The van der Waals surface area contributed by atoms with Crippen LogP contribution in [0.2, 0.25) is 0 Å². The molecular formula is C20H22ClFN2O. The molecule has 0 bridgehead atoms. The second-order valence-electron chi connectivity index (χ2n) is 6.61. The van der Waals surface area contributed by atoms with Crippen molar-refractivity contribution in [1.29, 1.82) is 0 Å². The number of amides is 1. The number of hydrogen-bond acceptors (Lipinski definition) is 2. The maximum Gasteiger partial charge on any atom is 0.254 e. The van der Waals surface area contributed by atoms with Crippen LogP contribution in [0.4, 0.5) is 4.39 Å². The largest absolute Gasteiger partial charge is 0.329 e. The smallest absolute Gasteiger partial charge is 0.254 e. The summed E-state index contributed by atoms with van der Waals surface area (Å²) in [6.45, 7) is 2.06. The summed E-state index contributed by atoms with van der Waals surface area (Å²) in [6.07, 6.45) is 3.35. The highest BCUT2D eigenvalue weighted by atomic mass is 35.5. The Morgan fingerprint density at radius 2 is 1.96 bits per heavy atom. The molecule has 0 radical (unpaired) electrons. The van der Waals surface area contributed by atoms with Gasteiger partial charge in [0, 0.05) is 25.2 Å². The Labute approximate surface area is 153 Å². The first-order valence-corrected chi connectivity index (χ1v) is 8.61. The third-order valence-corrected chi connectivity index (χ3v) is 5.08. The van der Waals surface area contributed by atoms with Gasteiger partial charge in [0.2, 0.25) is 0 Å². The number of carbonyl (C=O) groups excluding carboxylic acids is 1. The first kappa shape index (κ1) is 17.9. The molecule has 132 valence electrons. The van der Waals surface area contributed by atoms with Crippen LogP contribution in [-0.2, 0) is 12.8 Å². The molecule has 1 aliphatic carbocycles. The Morgan fingerprint density at radius 3 is 2.80 bits per heavy atom. The highest BCUT2D eigenvalue weighted by Gasteiger charge is 2.29. The maximum absolute atomic E-state index is 13.6. The molecule has 2 aromatic carbocycles. The number of nitrogens with zero attached hydrogens (tertiary/aromatic N) is 1. The fourth-order valence-corrected chi connectivity index (χ4v) is 3.83. The van der Waals surface area contributed by atoms with Crippen LogP contribution in [0.1, 0.15) is 39.5 Å². The summed E-state index contributed by atoms with van der Waals surface area (Å²) in [4.78, 5) is 14.9.